The van der Waals surface area contributed by atoms with Gasteiger partial charge in [-0.2, -0.15) is 5.10 Å². The highest BCUT2D eigenvalue weighted by Gasteiger charge is 2.23. The van der Waals surface area contributed by atoms with Crippen LogP contribution in [0.15, 0.2) is 48.5 Å². The summed E-state index contributed by atoms with van der Waals surface area (Å²) < 4.78 is 12.6. The van der Waals surface area contributed by atoms with E-state index in [9.17, 15) is 4.79 Å². The number of nitrogens with zero attached hydrogens (tertiary/aromatic N) is 3. The van der Waals surface area contributed by atoms with Crippen molar-refractivity contribution in [3.05, 3.63) is 71.0 Å². The van der Waals surface area contributed by atoms with Gasteiger partial charge in [-0.25, -0.2) is 4.68 Å². The lowest BCUT2D eigenvalue weighted by Gasteiger charge is -2.18. The number of hydrogen-bond donors (Lipinski definition) is 0. The summed E-state index contributed by atoms with van der Waals surface area (Å²) >= 11 is 0. The van der Waals surface area contributed by atoms with Crippen molar-refractivity contribution in [2.75, 3.05) is 13.8 Å². The average molecular weight is 363 g/mol. The summed E-state index contributed by atoms with van der Waals surface area (Å²) in [6.07, 6.45) is 0. The van der Waals surface area contributed by atoms with Gasteiger partial charge in [0.05, 0.1) is 22.6 Å². The Morgan fingerprint density at radius 1 is 1.11 bits per heavy atom. The second-order valence-corrected chi connectivity index (χ2v) is 6.64. The number of rotatable bonds is 4. The van der Waals surface area contributed by atoms with Gasteiger partial charge in [0.25, 0.3) is 5.91 Å². The molecule has 27 heavy (non-hydrogen) atoms. The molecule has 0 aliphatic carbocycles. The van der Waals surface area contributed by atoms with Crippen molar-refractivity contribution in [2.24, 2.45) is 0 Å². The van der Waals surface area contributed by atoms with Crippen molar-refractivity contribution in [2.45, 2.75) is 20.4 Å². The molecule has 0 spiro atoms. The van der Waals surface area contributed by atoms with Crippen molar-refractivity contribution in [1.82, 2.24) is 14.7 Å². The minimum absolute atomic E-state index is 0.0511. The van der Waals surface area contributed by atoms with E-state index in [1.165, 1.54) is 0 Å². The van der Waals surface area contributed by atoms with Gasteiger partial charge in [-0.1, -0.05) is 24.3 Å². The van der Waals surface area contributed by atoms with Gasteiger partial charge in [-0.05, 0) is 43.7 Å². The Balaban J connectivity index is 1.58. The van der Waals surface area contributed by atoms with E-state index in [1.54, 1.807) is 11.9 Å². The van der Waals surface area contributed by atoms with Crippen LogP contribution in [0.25, 0.3) is 5.69 Å². The minimum atomic E-state index is -0.0511. The molecule has 0 bridgehead atoms. The first-order chi connectivity index (χ1) is 13.0. The Bertz CT molecular complexity index is 995. The van der Waals surface area contributed by atoms with Crippen molar-refractivity contribution in [3.63, 3.8) is 0 Å². The molecule has 3 aromatic rings. The molecule has 0 N–H and O–H groups in total. The van der Waals surface area contributed by atoms with Crippen LogP contribution in [0.4, 0.5) is 0 Å². The smallest absolute Gasteiger partial charge is 0.257 e. The second kappa shape index (κ2) is 6.79. The topological polar surface area (TPSA) is 56.6 Å². The number of aryl methyl sites for hydroxylation is 1. The van der Waals surface area contributed by atoms with Crippen LogP contribution >= 0.6 is 0 Å². The van der Waals surface area contributed by atoms with E-state index in [-0.39, 0.29) is 12.7 Å². The summed E-state index contributed by atoms with van der Waals surface area (Å²) in [5.74, 6) is 1.41. The summed E-state index contributed by atoms with van der Waals surface area (Å²) in [5.41, 5.74) is 4.12. The molecule has 6 heteroatoms. The molecule has 1 aliphatic rings. The predicted molar refractivity (Wildman–Crippen MR) is 101 cm³/mol. The lowest BCUT2D eigenvalue weighted by Crippen LogP contribution is -2.27. The van der Waals surface area contributed by atoms with Crippen molar-refractivity contribution in [1.29, 1.82) is 0 Å². The summed E-state index contributed by atoms with van der Waals surface area (Å²) in [5, 5.41) is 4.57. The van der Waals surface area contributed by atoms with Crippen LogP contribution in [-0.2, 0) is 6.54 Å². The lowest BCUT2D eigenvalue weighted by atomic mass is 10.1. The van der Waals surface area contributed by atoms with Crippen molar-refractivity contribution in [3.8, 4) is 17.2 Å². The third-order valence-electron chi connectivity index (χ3n) is 4.71. The first-order valence-corrected chi connectivity index (χ1v) is 8.80. The summed E-state index contributed by atoms with van der Waals surface area (Å²) in [6.45, 7) is 4.51. The maximum atomic E-state index is 13.1. The van der Waals surface area contributed by atoms with E-state index in [1.807, 2.05) is 67.1 Å². The number of aromatic nitrogens is 2. The zero-order valence-electron chi connectivity index (χ0n) is 15.6. The summed E-state index contributed by atoms with van der Waals surface area (Å²) in [6, 6.07) is 15.6. The zero-order chi connectivity index (χ0) is 19.0. The molecule has 0 fully saturated rings. The molecule has 0 atom stereocenters. The lowest BCUT2D eigenvalue weighted by molar-refractivity contribution is 0.0783. The highest BCUT2D eigenvalue weighted by molar-refractivity contribution is 5.96. The summed E-state index contributed by atoms with van der Waals surface area (Å²) in [7, 11) is 1.80. The van der Waals surface area contributed by atoms with Gasteiger partial charge in [-0.15, -0.1) is 0 Å². The first-order valence-electron chi connectivity index (χ1n) is 8.80. The van der Waals surface area contributed by atoms with Crippen LogP contribution < -0.4 is 9.47 Å². The number of para-hydroxylation sites is 1. The SMILES string of the molecule is Cc1nn(-c2ccccc2)c(C)c1C(=O)N(C)Cc1ccc2c(c1)OCO2. The molecular weight excluding hydrogens is 342 g/mol. The number of carbonyl (C=O) groups excluding carboxylic acids is 1. The largest absolute Gasteiger partial charge is 0.454 e. The van der Waals surface area contributed by atoms with E-state index >= 15 is 0 Å². The van der Waals surface area contributed by atoms with Gasteiger partial charge >= 0.3 is 0 Å². The number of benzene rings is 2. The number of fused-ring (bicyclic) bond motifs is 1. The van der Waals surface area contributed by atoms with E-state index in [0.717, 1.165) is 34.1 Å². The van der Waals surface area contributed by atoms with Gasteiger partial charge in [-0.3, -0.25) is 4.79 Å². The molecule has 138 valence electrons. The fourth-order valence-electron chi connectivity index (χ4n) is 3.35. The fraction of sp³-hybridized carbons (Fsp3) is 0.238. The average Bonchev–Trinajstić information content (AvgIpc) is 3.25. The number of amides is 1. The molecule has 1 amide bonds. The maximum Gasteiger partial charge on any atom is 0.257 e. The van der Waals surface area contributed by atoms with Gasteiger partial charge in [0.1, 0.15) is 0 Å². The van der Waals surface area contributed by atoms with E-state index in [0.29, 0.717) is 12.1 Å². The Morgan fingerprint density at radius 3 is 2.63 bits per heavy atom. The predicted octanol–water partition coefficient (Wildman–Crippen LogP) is 3.49. The third-order valence-corrected chi connectivity index (χ3v) is 4.71. The molecule has 2 heterocycles. The fourth-order valence-corrected chi connectivity index (χ4v) is 3.35. The van der Waals surface area contributed by atoms with Crippen LogP contribution in [-0.4, -0.2) is 34.4 Å². The van der Waals surface area contributed by atoms with Crippen LogP contribution in [0.2, 0.25) is 0 Å². The molecule has 1 aliphatic heterocycles. The molecule has 0 unspecified atom stereocenters. The molecule has 0 saturated carbocycles. The monoisotopic (exact) mass is 363 g/mol. The van der Waals surface area contributed by atoms with E-state index in [4.69, 9.17) is 9.47 Å². The molecule has 0 radical (unpaired) electrons. The minimum Gasteiger partial charge on any atom is -0.454 e. The molecule has 0 saturated heterocycles. The van der Waals surface area contributed by atoms with Crippen LogP contribution in [0.3, 0.4) is 0 Å². The zero-order valence-corrected chi connectivity index (χ0v) is 15.6. The Kier molecular flexibility index (Phi) is 4.32. The number of ether oxygens (including phenoxy) is 2. The van der Waals surface area contributed by atoms with Gasteiger partial charge in [0.15, 0.2) is 11.5 Å². The third kappa shape index (κ3) is 3.14. The number of carbonyl (C=O) groups is 1. The van der Waals surface area contributed by atoms with Crippen LogP contribution in [0.5, 0.6) is 11.5 Å². The van der Waals surface area contributed by atoms with Crippen LogP contribution in [0, 0.1) is 13.8 Å². The normalized spacial score (nSPS) is 12.3. The highest BCUT2D eigenvalue weighted by atomic mass is 16.7. The molecule has 6 nitrogen and oxygen atoms in total. The standard InChI is InChI=1S/C21H21N3O3/c1-14-20(15(2)24(22-14)17-7-5-4-6-8-17)21(25)23(3)12-16-9-10-18-19(11-16)27-13-26-18/h4-11H,12-13H2,1-3H3. The van der Waals surface area contributed by atoms with E-state index < -0.39 is 0 Å². The Labute approximate surface area is 157 Å². The molecule has 2 aromatic carbocycles. The maximum absolute atomic E-state index is 13.1. The van der Waals surface area contributed by atoms with Crippen molar-refractivity contribution >= 4 is 5.91 Å². The van der Waals surface area contributed by atoms with Gasteiger partial charge in [0, 0.05) is 13.6 Å². The second-order valence-electron chi connectivity index (χ2n) is 6.64. The van der Waals surface area contributed by atoms with E-state index in [2.05, 4.69) is 5.10 Å². The van der Waals surface area contributed by atoms with Crippen LogP contribution in [0.1, 0.15) is 27.3 Å². The number of hydrogen-bond acceptors (Lipinski definition) is 4. The van der Waals surface area contributed by atoms with Gasteiger partial charge < -0.3 is 14.4 Å². The molecular formula is C21H21N3O3. The highest BCUT2D eigenvalue weighted by Crippen LogP contribution is 2.33. The summed E-state index contributed by atoms with van der Waals surface area (Å²) in [4.78, 5) is 14.8. The quantitative estimate of drug-likeness (QED) is 0.712. The molecule has 1 aromatic heterocycles. The molecule has 4 rings (SSSR count). The van der Waals surface area contributed by atoms with Crippen molar-refractivity contribution < 1.29 is 14.3 Å². The first kappa shape index (κ1) is 17.1. The van der Waals surface area contributed by atoms with Gasteiger partial charge in [0.2, 0.25) is 6.79 Å². The Morgan fingerprint density at radius 2 is 1.85 bits per heavy atom. The Hall–Kier alpha value is -3.28.